The minimum atomic E-state index is 0.468. The Morgan fingerprint density at radius 2 is 2.06 bits per heavy atom. The van der Waals surface area contributed by atoms with Gasteiger partial charge in [-0.3, -0.25) is 0 Å². The van der Waals surface area contributed by atoms with Crippen molar-refractivity contribution < 1.29 is 4.42 Å². The van der Waals surface area contributed by atoms with Gasteiger partial charge in [0.05, 0.1) is 12.7 Å². The smallest absolute Gasteiger partial charge is 0.208 e. The first-order valence-corrected chi connectivity index (χ1v) is 6.51. The van der Waals surface area contributed by atoms with Crippen LogP contribution in [0.3, 0.4) is 0 Å². The monoisotopic (exact) mass is 264 g/mol. The summed E-state index contributed by atoms with van der Waals surface area (Å²) >= 11 is 5.85. The molecular formula is C14H17ClN2O. The highest BCUT2D eigenvalue weighted by Gasteiger charge is 2.07. The lowest BCUT2D eigenvalue weighted by Gasteiger charge is -2.08. The zero-order valence-electron chi connectivity index (χ0n) is 10.6. The zero-order chi connectivity index (χ0) is 13.0. The maximum absolute atomic E-state index is 5.85. The van der Waals surface area contributed by atoms with Gasteiger partial charge in [-0.15, -0.1) is 0 Å². The molecule has 1 aromatic carbocycles. The van der Waals surface area contributed by atoms with E-state index in [1.807, 2.05) is 24.3 Å². The second kappa shape index (κ2) is 6.03. The molecule has 0 aliphatic heterocycles. The summed E-state index contributed by atoms with van der Waals surface area (Å²) in [6, 6.07) is 8.01. The predicted molar refractivity (Wildman–Crippen MR) is 73.5 cm³/mol. The van der Waals surface area contributed by atoms with Crippen molar-refractivity contribution in [1.82, 2.24) is 10.3 Å². The van der Waals surface area contributed by atoms with Crippen molar-refractivity contribution in [3.05, 3.63) is 41.4 Å². The minimum absolute atomic E-state index is 0.468. The third kappa shape index (κ3) is 3.34. The Labute approximate surface area is 112 Å². The fraction of sp³-hybridized carbons (Fsp3) is 0.357. The van der Waals surface area contributed by atoms with Crippen LogP contribution < -0.4 is 5.32 Å². The van der Waals surface area contributed by atoms with Gasteiger partial charge in [0.25, 0.3) is 0 Å². The molecule has 96 valence electrons. The van der Waals surface area contributed by atoms with Crippen LogP contribution >= 0.6 is 11.6 Å². The third-order valence-corrected chi connectivity index (χ3v) is 3.15. The van der Waals surface area contributed by atoms with Crippen LogP contribution in [0.4, 0.5) is 0 Å². The summed E-state index contributed by atoms with van der Waals surface area (Å²) in [5.41, 5.74) is 0.988. The second-order valence-electron chi connectivity index (χ2n) is 4.32. The van der Waals surface area contributed by atoms with Crippen molar-refractivity contribution in [1.29, 1.82) is 0 Å². The van der Waals surface area contributed by atoms with Gasteiger partial charge in [-0.1, -0.05) is 18.5 Å². The van der Waals surface area contributed by atoms with Gasteiger partial charge in [0.2, 0.25) is 5.89 Å². The molecule has 1 heterocycles. The van der Waals surface area contributed by atoms with Gasteiger partial charge in [-0.05, 0) is 37.6 Å². The topological polar surface area (TPSA) is 38.1 Å². The van der Waals surface area contributed by atoms with E-state index in [0.29, 0.717) is 18.5 Å². The molecule has 1 atom stereocenters. The van der Waals surface area contributed by atoms with Crippen LogP contribution in [0, 0.1) is 0 Å². The zero-order valence-corrected chi connectivity index (χ0v) is 11.4. The number of hydrogen-bond acceptors (Lipinski definition) is 3. The van der Waals surface area contributed by atoms with Crippen molar-refractivity contribution in [2.24, 2.45) is 0 Å². The van der Waals surface area contributed by atoms with Gasteiger partial charge in [0.15, 0.2) is 5.76 Å². The maximum atomic E-state index is 5.85. The number of benzene rings is 1. The molecule has 0 spiro atoms. The van der Waals surface area contributed by atoms with Crippen molar-refractivity contribution in [3.63, 3.8) is 0 Å². The molecule has 1 unspecified atom stereocenters. The van der Waals surface area contributed by atoms with Gasteiger partial charge >= 0.3 is 0 Å². The molecule has 0 bridgehead atoms. The summed E-state index contributed by atoms with van der Waals surface area (Å²) in [7, 11) is 0. The highest BCUT2D eigenvalue weighted by molar-refractivity contribution is 6.30. The number of halogens is 1. The summed E-state index contributed by atoms with van der Waals surface area (Å²) in [5.74, 6) is 1.48. The lowest BCUT2D eigenvalue weighted by Crippen LogP contribution is -2.24. The SMILES string of the molecule is CCC(C)NCc1ncc(-c2ccc(Cl)cc2)o1. The second-order valence-corrected chi connectivity index (χ2v) is 4.75. The Hall–Kier alpha value is -1.32. The van der Waals surface area contributed by atoms with E-state index in [4.69, 9.17) is 16.0 Å². The first kappa shape index (κ1) is 13.1. The highest BCUT2D eigenvalue weighted by Crippen LogP contribution is 2.22. The van der Waals surface area contributed by atoms with Crippen LogP contribution in [0.15, 0.2) is 34.9 Å². The van der Waals surface area contributed by atoms with Crippen molar-refractivity contribution in [2.75, 3.05) is 0 Å². The highest BCUT2D eigenvalue weighted by atomic mass is 35.5. The molecule has 0 aliphatic rings. The Morgan fingerprint density at radius 1 is 1.33 bits per heavy atom. The molecule has 4 heteroatoms. The third-order valence-electron chi connectivity index (χ3n) is 2.90. The van der Waals surface area contributed by atoms with Crippen LogP contribution in [0.25, 0.3) is 11.3 Å². The van der Waals surface area contributed by atoms with E-state index in [0.717, 1.165) is 22.8 Å². The molecule has 0 amide bonds. The van der Waals surface area contributed by atoms with Crippen molar-refractivity contribution in [2.45, 2.75) is 32.9 Å². The lowest BCUT2D eigenvalue weighted by atomic mass is 10.2. The lowest BCUT2D eigenvalue weighted by molar-refractivity contribution is 0.444. The average molecular weight is 265 g/mol. The van der Waals surface area contributed by atoms with Gasteiger partial charge in [-0.2, -0.15) is 0 Å². The summed E-state index contributed by atoms with van der Waals surface area (Å²) in [5, 5.41) is 4.06. The first-order valence-electron chi connectivity index (χ1n) is 6.13. The Kier molecular flexibility index (Phi) is 4.39. The van der Waals surface area contributed by atoms with E-state index in [1.165, 1.54) is 0 Å². The van der Waals surface area contributed by atoms with E-state index in [1.54, 1.807) is 6.20 Å². The van der Waals surface area contributed by atoms with E-state index in [9.17, 15) is 0 Å². The fourth-order valence-electron chi connectivity index (χ4n) is 1.55. The molecule has 0 saturated heterocycles. The normalized spacial score (nSPS) is 12.6. The standard InChI is InChI=1S/C14H17ClN2O/c1-3-10(2)16-9-14-17-8-13(18-14)11-4-6-12(15)7-5-11/h4-8,10,16H,3,9H2,1-2H3. The molecule has 1 aromatic heterocycles. The van der Waals surface area contributed by atoms with Crippen LogP contribution in [0.1, 0.15) is 26.2 Å². The van der Waals surface area contributed by atoms with E-state index < -0.39 is 0 Å². The van der Waals surface area contributed by atoms with E-state index in [-0.39, 0.29) is 0 Å². The number of oxazole rings is 1. The molecule has 0 aliphatic carbocycles. The van der Waals surface area contributed by atoms with Gasteiger partial charge < -0.3 is 9.73 Å². The first-order chi connectivity index (χ1) is 8.69. The molecule has 0 radical (unpaired) electrons. The molecule has 2 aromatic rings. The minimum Gasteiger partial charge on any atom is -0.439 e. The van der Waals surface area contributed by atoms with Crippen LogP contribution in [0.2, 0.25) is 5.02 Å². The maximum Gasteiger partial charge on any atom is 0.208 e. The fourth-order valence-corrected chi connectivity index (χ4v) is 1.67. The average Bonchev–Trinajstić information content (AvgIpc) is 2.85. The van der Waals surface area contributed by atoms with Gasteiger partial charge in [0.1, 0.15) is 0 Å². The molecule has 2 rings (SSSR count). The summed E-state index contributed by atoms with van der Waals surface area (Å²) < 4.78 is 5.69. The predicted octanol–water partition coefficient (Wildman–Crippen LogP) is 3.88. The van der Waals surface area contributed by atoms with Gasteiger partial charge in [0, 0.05) is 16.6 Å². The number of hydrogen-bond donors (Lipinski definition) is 1. The molecule has 0 saturated carbocycles. The Bertz CT molecular complexity index is 493. The molecular weight excluding hydrogens is 248 g/mol. The molecule has 3 nitrogen and oxygen atoms in total. The molecule has 0 fully saturated rings. The van der Waals surface area contributed by atoms with Crippen LogP contribution in [-0.4, -0.2) is 11.0 Å². The number of rotatable bonds is 5. The molecule has 18 heavy (non-hydrogen) atoms. The quantitative estimate of drug-likeness (QED) is 0.891. The van der Waals surface area contributed by atoms with Crippen LogP contribution in [0.5, 0.6) is 0 Å². The summed E-state index contributed by atoms with van der Waals surface area (Å²) in [4.78, 5) is 4.26. The number of nitrogens with zero attached hydrogens (tertiary/aromatic N) is 1. The van der Waals surface area contributed by atoms with Crippen molar-refractivity contribution >= 4 is 11.6 Å². The summed E-state index contributed by atoms with van der Waals surface area (Å²) in [6.07, 6.45) is 2.83. The Balaban J connectivity index is 2.03. The van der Waals surface area contributed by atoms with Crippen LogP contribution in [-0.2, 0) is 6.54 Å². The van der Waals surface area contributed by atoms with E-state index in [2.05, 4.69) is 24.1 Å². The van der Waals surface area contributed by atoms with E-state index >= 15 is 0 Å². The summed E-state index contributed by atoms with van der Waals surface area (Å²) in [6.45, 7) is 4.94. The number of nitrogens with one attached hydrogen (secondary N) is 1. The largest absolute Gasteiger partial charge is 0.439 e. The molecule has 1 N–H and O–H groups in total. The Morgan fingerprint density at radius 3 is 2.72 bits per heavy atom. The van der Waals surface area contributed by atoms with Crippen molar-refractivity contribution in [3.8, 4) is 11.3 Å². The van der Waals surface area contributed by atoms with Gasteiger partial charge in [-0.25, -0.2) is 4.98 Å². The number of aromatic nitrogens is 1.